The van der Waals surface area contributed by atoms with Gasteiger partial charge in [0.25, 0.3) is 0 Å². The monoisotopic (exact) mass is 358 g/mol. The minimum Gasteiger partial charge on any atom is -0.383 e. The molecular formula is C7H9Br3N2. The molecule has 0 unspecified atom stereocenters. The van der Waals surface area contributed by atoms with Gasteiger partial charge in [0.1, 0.15) is 5.82 Å². The molecule has 68 valence electrons. The Morgan fingerprint density at radius 1 is 1.50 bits per heavy atom. The van der Waals surface area contributed by atoms with E-state index in [-0.39, 0.29) is 17.0 Å². The van der Waals surface area contributed by atoms with Crippen molar-refractivity contribution < 1.29 is 0 Å². The summed E-state index contributed by atoms with van der Waals surface area (Å²) in [6.07, 6.45) is 2.62. The van der Waals surface area contributed by atoms with Crippen molar-refractivity contribution in [2.75, 3.05) is 11.1 Å². The third-order valence-electron chi connectivity index (χ3n) is 1.33. The Bertz CT molecular complexity index is 252. The van der Waals surface area contributed by atoms with E-state index in [0.29, 0.717) is 5.82 Å². The fourth-order valence-corrected chi connectivity index (χ4v) is 1.60. The molecule has 1 aromatic heterocycles. The number of nitrogen functional groups attached to an aromatic ring is 1. The summed E-state index contributed by atoms with van der Waals surface area (Å²) in [7, 11) is 0. The number of rotatable bonds is 2. The first-order chi connectivity index (χ1) is 5.24. The highest BCUT2D eigenvalue weighted by Gasteiger charge is 1.99. The summed E-state index contributed by atoms with van der Waals surface area (Å²) in [6, 6.07) is 1.99. The van der Waals surface area contributed by atoms with E-state index < -0.39 is 0 Å². The highest BCUT2D eigenvalue weighted by Crippen LogP contribution is 2.16. The molecular weight excluding hydrogens is 352 g/mol. The van der Waals surface area contributed by atoms with Crippen LogP contribution in [-0.4, -0.2) is 10.3 Å². The van der Waals surface area contributed by atoms with Crippen LogP contribution in [0, 0.1) is 0 Å². The molecule has 0 atom stereocenters. The van der Waals surface area contributed by atoms with Crippen LogP contribution in [0.3, 0.4) is 0 Å². The van der Waals surface area contributed by atoms with Gasteiger partial charge in [-0.1, -0.05) is 15.9 Å². The van der Waals surface area contributed by atoms with Crippen molar-refractivity contribution in [1.29, 1.82) is 0 Å². The molecule has 0 fully saturated rings. The van der Waals surface area contributed by atoms with Gasteiger partial charge in [-0.25, -0.2) is 4.98 Å². The Labute approximate surface area is 99.0 Å². The molecule has 0 saturated carbocycles. The van der Waals surface area contributed by atoms with Gasteiger partial charge in [-0.2, -0.15) is 0 Å². The second-order valence-corrected chi connectivity index (χ2v) is 3.85. The standard InChI is InChI=1S/C7H8Br2N2.BrH/c8-2-1-5-3-6(9)4-11-7(5)10;/h3-4H,1-2H2,(H2,10,11);1H. The van der Waals surface area contributed by atoms with E-state index in [0.717, 1.165) is 21.8 Å². The first kappa shape index (κ1) is 12.4. The molecule has 12 heavy (non-hydrogen) atoms. The number of nitrogens with two attached hydrogens (primary N) is 1. The lowest BCUT2D eigenvalue weighted by Crippen LogP contribution is -1.97. The first-order valence-electron chi connectivity index (χ1n) is 3.20. The van der Waals surface area contributed by atoms with Crippen molar-refractivity contribution in [3.8, 4) is 0 Å². The van der Waals surface area contributed by atoms with E-state index in [1.165, 1.54) is 0 Å². The third-order valence-corrected chi connectivity index (χ3v) is 2.16. The van der Waals surface area contributed by atoms with Gasteiger partial charge in [0.05, 0.1) is 0 Å². The smallest absolute Gasteiger partial charge is 0.126 e. The lowest BCUT2D eigenvalue weighted by atomic mass is 10.2. The van der Waals surface area contributed by atoms with Crippen molar-refractivity contribution >= 4 is 54.7 Å². The quantitative estimate of drug-likeness (QED) is 0.823. The van der Waals surface area contributed by atoms with Crippen molar-refractivity contribution in [2.24, 2.45) is 0 Å². The van der Waals surface area contributed by atoms with Gasteiger partial charge in [-0.15, -0.1) is 17.0 Å². The molecule has 0 saturated heterocycles. The Hall–Kier alpha value is 0.390. The van der Waals surface area contributed by atoms with Gasteiger partial charge in [0.2, 0.25) is 0 Å². The maximum Gasteiger partial charge on any atom is 0.126 e. The molecule has 5 heteroatoms. The number of aromatic nitrogens is 1. The van der Waals surface area contributed by atoms with Crippen LogP contribution in [0.1, 0.15) is 5.56 Å². The summed E-state index contributed by atoms with van der Waals surface area (Å²) in [5.41, 5.74) is 6.70. The number of anilines is 1. The second kappa shape index (κ2) is 5.94. The highest BCUT2D eigenvalue weighted by atomic mass is 79.9. The van der Waals surface area contributed by atoms with Crippen molar-refractivity contribution in [3.63, 3.8) is 0 Å². The molecule has 0 bridgehead atoms. The SMILES string of the molecule is Br.Nc1ncc(Br)cc1CCBr. The summed E-state index contributed by atoms with van der Waals surface area (Å²) in [5, 5.41) is 0.912. The Kier molecular flexibility index (Phi) is 6.13. The average Bonchev–Trinajstić information content (AvgIpc) is 1.98. The number of halogens is 3. The minimum absolute atomic E-state index is 0. The van der Waals surface area contributed by atoms with Gasteiger partial charge in [-0.3, -0.25) is 0 Å². The fourth-order valence-electron chi connectivity index (χ4n) is 0.794. The molecule has 0 aliphatic heterocycles. The number of alkyl halides is 1. The zero-order valence-corrected chi connectivity index (χ0v) is 11.1. The van der Waals surface area contributed by atoms with Crippen LogP contribution in [0.5, 0.6) is 0 Å². The van der Waals surface area contributed by atoms with E-state index in [1.807, 2.05) is 6.07 Å². The number of nitrogens with zero attached hydrogens (tertiary/aromatic N) is 1. The number of aryl methyl sites for hydroxylation is 1. The van der Waals surface area contributed by atoms with Crippen LogP contribution in [0.15, 0.2) is 16.7 Å². The minimum atomic E-state index is 0. The molecule has 1 aromatic rings. The Morgan fingerprint density at radius 2 is 2.17 bits per heavy atom. The predicted octanol–water partition coefficient (Wildman–Crippen LogP) is 2.94. The summed E-state index contributed by atoms with van der Waals surface area (Å²) in [5.74, 6) is 0.618. The molecule has 0 aliphatic carbocycles. The topological polar surface area (TPSA) is 38.9 Å². The molecule has 1 rings (SSSR count). The van der Waals surface area contributed by atoms with E-state index >= 15 is 0 Å². The molecule has 0 radical (unpaired) electrons. The lowest BCUT2D eigenvalue weighted by Gasteiger charge is -2.01. The van der Waals surface area contributed by atoms with Crippen molar-refractivity contribution in [3.05, 3.63) is 22.3 Å². The Morgan fingerprint density at radius 3 is 2.75 bits per heavy atom. The zero-order chi connectivity index (χ0) is 8.27. The maximum atomic E-state index is 5.62. The van der Waals surface area contributed by atoms with Gasteiger partial charge < -0.3 is 5.73 Å². The molecule has 0 aliphatic rings. The maximum absolute atomic E-state index is 5.62. The largest absolute Gasteiger partial charge is 0.383 e. The van der Waals surface area contributed by atoms with Gasteiger partial charge >= 0.3 is 0 Å². The van der Waals surface area contributed by atoms with Crippen LogP contribution >= 0.6 is 48.8 Å². The zero-order valence-electron chi connectivity index (χ0n) is 6.26. The number of hydrogen-bond donors (Lipinski definition) is 1. The van der Waals surface area contributed by atoms with E-state index in [1.54, 1.807) is 6.20 Å². The van der Waals surface area contributed by atoms with Gasteiger partial charge in [-0.05, 0) is 34.0 Å². The van der Waals surface area contributed by atoms with Crippen molar-refractivity contribution in [1.82, 2.24) is 4.98 Å². The normalized spacial score (nSPS) is 9.17. The van der Waals surface area contributed by atoms with Crippen LogP contribution in [0.4, 0.5) is 5.82 Å². The molecule has 2 N–H and O–H groups in total. The molecule has 2 nitrogen and oxygen atoms in total. The van der Waals surface area contributed by atoms with E-state index in [4.69, 9.17) is 5.73 Å². The summed E-state index contributed by atoms with van der Waals surface area (Å²) in [6.45, 7) is 0. The molecule has 0 aromatic carbocycles. The summed E-state index contributed by atoms with van der Waals surface area (Å²) in [4.78, 5) is 4.01. The number of hydrogen-bond acceptors (Lipinski definition) is 2. The second-order valence-electron chi connectivity index (χ2n) is 2.14. The lowest BCUT2D eigenvalue weighted by molar-refractivity contribution is 1.13. The van der Waals surface area contributed by atoms with E-state index in [2.05, 4.69) is 36.8 Å². The van der Waals surface area contributed by atoms with Gasteiger partial charge in [0.15, 0.2) is 0 Å². The molecule has 1 heterocycles. The highest BCUT2D eigenvalue weighted by molar-refractivity contribution is 9.10. The summed E-state index contributed by atoms with van der Waals surface area (Å²) >= 11 is 6.68. The van der Waals surface area contributed by atoms with Crippen LogP contribution in [0.25, 0.3) is 0 Å². The fraction of sp³-hybridized carbons (Fsp3) is 0.286. The van der Waals surface area contributed by atoms with Crippen LogP contribution < -0.4 is 5.73 Å². The van der Waals surface area contributed by atoms with Crippen molar-refractivity contribution in [2.45, 2.75) is 6.42 Å². The molecule has 0 spiro atoms. The Balaban J connectivity index is 0.00000121. The van der Waals surface area contributed by atoms with Crippen LogP contribution in [0.2, 0.25) is 0 Å². The predicted molar refractivity (Wildman–Crippen MR) is 64.2 cm³/mol. The third kappa shape index (κ3) is 3.41. The van der Waals surface area contributed by atoms with E-state index in [9.17, 15) is 0 Å². The first-order valence-corrected chi connectivity index (χ1v) is 5.11. The summed E-state index contributed by atoms with van der Waals surface area (Å²) < 4.78 is 0.975. The van der Waals surface area contributed by atoms with Gasteiger partial charge in [0, 0.05) is 16.0 Å². The molecule has 0 amide bonds. The van der Waals surface area contributed by atoms with Crippen LogP contribution in [-0.2, 0) is 6.42 Å². The number of pyridine rings is 1. The average molecular weight is 361 g/mol.